The molecule has 7 nitrogen and oxygen atoms in total. The number of carbonyl (C=O) groups is 1. The minimum absolute atomic E-state index is 0.173. The molecule has 0 saturated carbocycles. The number of para-hydroxylation sites is 1. The number of rotatable bonds is 7. The molecule has 1 aliphatic heterocycles. The van der Waals surface area contributed by atoms with Crippen LogP contribution in [0.3, 0.4) is 0 Å². The van der Waals surface area contributed by atoms with E-state index in [0.717, 1.165) is 18.7 Å². The second kappa shape index (κ2) is 9.56. The molecule has 1 saturated heterocycles. The molecule has 1 fully saturated rings. The molecule has 2 heterocycles. The fraction of sp³-hybridized carbons (Fsp3) is 0.304. The summed E-state index contributed by atoms with van der Waals surface area (Å²) in [5.74, 6) is 0.298. The first-order valence-electron chi connectivity index (χ1n) is 9.91. The molecule has 7 heteroatoms. The van der Waals surface area contributed by atoms with Gasteiger partial charge in [-0.15, -0.1) is 0 Å². The SMILES string of the molecule is O=C(COc1cccc2c(=O)cc(-c3ccccc3)oc12)OCCN1CCOCC1. The van der Waals surface area contributed by atoms with Gasteiger partial charge in [0.2, 0.25) is 0 Å². The van der Waals surface area contributed by atoms with E-state index in [4.69, 9.17) is 18.6 Å². The lowest BCUT2D eigenvalue weighted by molar-refractivity contribution is -0.146. The average Bonchev–Trinajstić information content (AvgIpc) is 2.79. The summed E-state index contributed by atoms with van der Waals surface area (Å²) < 4.78 is 22.1. The second-order valence-corrected chi connectivity index (χ2v) is 6.94. The predicted molar refractivity (Wildman–Crippen MR) is 112 cm³/mol. The molecule has 0 atom stereocenters. The van der Waals surface area contributed by atoms with Crippen LogP contribution in [0.2, 0.25) is 0 Å². The van der Waals surface area contributed by atoms with Crippen LogP contribution in [0, 0.1) is 0 Å². The summed E-state index contributed by atoms with van der Waals surface area (Å²) in [6.45, 7) is 3.79. The van der Waals surface area contributed by atoms with Gasteiger partial charge in [0, 0.05) is 31.3 Å². The number of ether oxygens (including phenoxy) is 3. The molecule has 0 spiro atoms. The Morgan fingerprint density at radius 2 is 1.83 bits per heavy atom. The van der Waals surface area contributed by atoms with E-state index in [1.54, 1.807) is 18.2 Å². The zero-order chi connectivity index (χ0) is 20.8. The first kappa shape index (κ1) is 20.1. The first-order chi connectivity index (χ1) is 14.7. The van der Waals surface area contributed by atoms with Gasteiger partial charge in [0.05, 0.1) is 18.6 Å². The van der Waals surface area contributed by atoms with Crippen LogP contribution >= 0.6 is 0 Å². The zero-order valence-corrected chi connectivity index (χ0v) is 16.5. The smallest absolute Gasteiger partial charge is 0.344 e. The van der Waals surface area contributed by atoms with Gasteiger partial charge in [-0.25, -0.2) is 4.79 Å². The summed E-state index contributed by atoms with van der Waals surface area (Å²) in [6, 6.07) is 15.8. The Morgan fingerprint density at radius 1 is 1.03 bits per heavy atom. The van der Waals surface area contributed by atoms with E-state index in [9.17, 15) is 9.59 Å². The fourth-order valence-electron chi connectivity index (χ4n) is 3.30. The number of benzene rings is 2. The molecule has 0 aliphatic carbocycles. The molecule has 156 valence electrons. The Labute approximate surface area is 173 Å². The maximum Gasteiger partial charge on any atom is 0.344 e. The summed E-state index contributed by atoms with van der Waals surface area (Å²) in [5.41, 5.74) is 0.924. The molecule has 0 radical (unpaired) electrons. The van der Waals surface area contributed by atoms with Crippen molar-refractivity contribution in [3.63, 3.8) is 0 Å². The van der Waals surface area contributed by atoms with E-state index in [-0.39, 0.29) is 12.0 Å². The predicted octanol–water partition coefficient (Wildman–Crippen LogP) is 2.71. The third-order valence-corrected chi connectivity index (χ3v) is 4.90. The lowest BCUT2D eigenvalue weighted by Gasteiger charge is -2.26. The standard InChI is InChI=1S/C23H23NO6/c25-19-15-21(17-5-2-1-3-6-17)30-23-18(19)7-4-8-20(23)29-16-22(26)28-14-11-24-9-12-27-13-10-24/h1-8,15H,9-14,16H2. The van der Waals surface area contributed by atoms with Crippen molar-refractivity contribution < 1.29 is 23.4 Å². The normalized spacial score (nSPS) is 14.5. The van der Waals surface area contributed by atoms with Gasteiger partial charge in [-0.1, -0.05) is 36.4 Å². The lowest BCUT2D eigenvalue weighted by Crippen LogP contribution is -2.38. The molecule has 2 aromatic carbocycles. The number of esters is 1. The number of hydrogen-bond donors (Lipinski definition) is 0. The van der Waals surface area contributed by atoms with Gasteiger partial charge in [-0.3, -0.25) is 9.69 Å². The largest absolute Gasteiger partial charge is 0.478 e. The lowest BCUT2D eigenvalue weighted by atomic mass is 10.1. The molecule has 0 bridgehead atoms. The van der Waals surface area contributed by atoms with E-state index in [2.05, 4.69) is 4.90 Å². The molecule has 30 heavy (non-hydrogen) atoms. The highest BCUT2D eigenvalue weighted by Crippen LogP contribution is 2.28. The van der Waals surface area contributed by atoms with E-state index >= 15 is 0 Å². The number of carbonyl (C=O) groups excluding carboxylic acids is 1. The van der Waals surface area contributed by atoms with Gasteiger partial charge >= 0.3 is 5.97 Å². The number of nitrogens with zero attached hydrogens (tertiary/aromatic N) is 1. The van der Waals surface area contributed by atoms with Crippen molar-refractivity contribution in [2.24, 2.45) is 0 Å². The average molecular weight is 409 g/mol. The molecular weight excluding hydrogens is 386 g/mol. The number of fused-ring (bicyclic) bond motifs is 1. The molecule has 0 unspecified atom stereocenters. The van der Waals surface area contributed by atoms with Gasteiger partial charge in [0.15, 0.2) is 23.4 Å². The van der Waals surface area contributed by atoms with Crippen molar-refractivity contribution in [1.82, 2.24) is 4.90 Å². The van der Waals surface area contributed by atoms with Gasteiger partial charge in [0.1, 0.15) is 12.4 Å². The van der Waals surface area contributed by atoms with Gasteiger partial charge in [-0.05, 0) is 12.1 Å². The topological polar surface area (TPSA) is 78.2 Å². The fourth-order valence-corrected chi connectivity index (χ4v) is 3.30. The monoisotopic (exact) mass is 409 g/mol. The van der Waals surface area contributed by atoms with Crippen LogP contribution in [0.15, 0.2) is 63.8 Å². The Kier molecular flexibility index (Phi) is 6.41. The summed E-state index contributed by atoms with van der Waals surface area (Å²) in [4.78, 5) is 26.8. The molecule has 1 aliphatic rings. The van der Waals surface area contributed by atoms with E-state index < -0.39 is 5.97 Å². The van der Waals surface area contributed by atoms with E-state index in [0.29, 0.717) is 48.8 Å². The van der Waals surface area contributed by atoms with Crippen LogP contribution in [0.25, 0.3) is 22.3 Å². The Balaban J connectivity index is 1.42. The van der Waals surface area contributed by atoms with Crippen molar-refractivity contribution in [2.45, 2.75) is 0 Å². The van der Waals surface area contributed by atoms with Crippen molar-refractivity contribution in [1.29, 1.82) is 0 Å². The van der Waals surface area contributed by atoms with Crippen molar-refractivity contribution in [2.75, 3.05) is 46.1 Å². The van der Waals surface area contributed by atoms with E-state index in [1.807, 2.05) is 30.3 Å². The van der Waals surface area contributed by atoms with Crippen LogP contribution in [0.1, 0.15) is 0 Å². The molecule has 0 amide bonds. The Bertz CT molecular complexity index is 1060. The van der Waals surface area contributed by atoms with Crippen LogP contribution < -0.4 is 10.2 Å². The highest BCUT2D eigenvalue weighted by atomic mass is 16.6. The van der Waals surface area contributed by atoms with Crippen LogP contribution in [-0.2, 0) is 14.3 Å². The third-order valence-electron chi connectivity index (χ3n) is 4.90. The summed E-state index contributed by atoms with van der Waals surface area (Å²) in [6.07, 6.45) is 0. The Morgan fingerprint density at radius 3 is 2.63 bits per heavy atom. The van der Waals surface area contributed by atoms with Crippen LogP contribution in [0.4, 0.5) is 0 Å². The highest BCUT2D eigenvalue weighted by Gasteiger charge is 2.14. The molecular formula is C23H23NO6. The minimum Gasteiger partial charge on any atom is -0.478 e. The maximum atomic E-state index is 12.5. The highest BCUT2D eigenvalue weighted by molar-refractivity contribution is 5.84. The zero-order valence-electron chi connectivity index (χ0n) is 16.5. The summed E-state index contributed by atoms with van der Waals surface area (Å²) in [5, 5.41) is 0.396. The maximum absolute atomic E-state index is 12.5. The molecule has 0 N–H and O–H groups in total. The van der Waals surface area contributed by atoms with Gasteiger partial charge in [0.25, 0.3) is 0 Å². The van der Waals surface area contributed by atoms with Crippen molar-refractivity contribution in [3.8, 4) is 17.1 Å². The third kappa shape index (κ3) is 4.87. The number of hydrogen-bond acceptors (Lipinski definition) is 7. The second-order valence-electron chi connectivity index (χ2n) is 6.94. The van der Waals surface area contributed by atoms with E-state index in [1.165, 1.54) is 6.07 Å². The van der Waals surface area contributed by atoms with Crippen LogP contribution in [-0.4, -0.2) is 56.9 Å². The number of morpholine rings is 1. The summed E-state index contributed by atoms with van der Waals surface area (Å²) >= 11 is 0. The minimum atomic E-state index is -0.471. The van der Waals surface area contributed by atoms with Crippen molar-refractivity contribution >= 4 is 16.9 Å². The van der Waals surface area contributed by atoms with Crippen molar-refractivity contribution in [3.05, 3.63) is 64.8 Å². The molecule has 1 aromatic heterocycles. The molecule has 4 rings (SSSR count). The molecule has 3 aromatic rings. The van der Waals surface area contributed by atoms with Crippen LogP contribution in [0.5, 0.6) is 5.75 Å². The van der Waals surface area contributed by atoms with Gasteiger partial charge < -0.3 is 18.6 Å². The van der Waals surface area contributed by atoms with Gasteiger partial charge in [-0.2, -0.15) is 0 Å². The summed E-state index contributed by atoms with van der Waals surface area (Å²) in [7, 11) is 0. The quantitative estimate of drug-likeness (QED) is 0.555. The first-order valence-corrected chi connectivity index (χ1v) is 9.91. The Hall–Kier alpha value is -3.16.